The Hall–Kier alpha value is -1.79. The lowest BCUT2D eigenvalue weighted by Gasteiger charge is -2.44. The molecule has 6 heteroatoms. The first-order valence-electron chi connectivity index (χ1n) is 9.55. The van der Waals surface area contributed by atoms with Crippen LogP contribution in [-0.2, 0) is 11.3 Å². The molecule has 1 fully saturated rings. The molecule has 0 aliphatic carbocycles. The first-order chi connectivity index (χ1) is 13.0. The second-order valence-corrected chi connectivity index (χ2v) is 8.29. The molecule has 1 aromatic carbocycles. The number of hydrogen-bond acceptors (Lipinski definition) is 4. The molecule has 1 atom stereocenters. The summed E-state index contributed by atoms with van der Waals surface area (Å²) in [5.41, 5.74) is 2.03. The minimum absolute atomic E-state index is 0.00529. The summed E-state index contributed by atoms with van der Waals surface area (Å²) in [7, 11) is 0. The van der Waals surface area contributed by atoms with Crippen LogP contribution in [0.1, 0.15) is 38.7 Å². The van der Waals surface area contributed by atoms with E-state index in [0.29, 0.717) is 12.1 Å². The zero-order chi connectivity index (χ0) is 19.4. The largest absolute Gasteiger partial charge is 0.478 e. The van der Waals surface area contributed by atoms with Gasteiger partial charge in [-0.1, -0.05) is 25.5 Å². The van der Waals surface area contributed by atoms with Crippen LogP contribution >= 0.6 is 11.8 Å². The number of hydrogen-bond donors (Lipinski definition) is 1. The van der Waals surface area contributed by atoms with Crippen LogP contribution in [0, 0.1) is 5.82 Å². The molecule has 0 amide bonds. The number of benzene rings is 1. The SMILES string of the molecule is CCSC1=C(C(=O)O)C(C)=CC(N2CCCCC2)N1Cc1cccc(F)c1. The van der Waals surface area contributed by atoms with Crippen molar-refractivity contribution in [2.24, 2.45) is 0 Å². The van der Waals surface area contributed by atoms with Gasteiger partial charge in [0.1, 0.15) is 12.0 Å². The minimum Gasteiger partial charge on any atom is -0.478 e. The Morgan fingerprint density at radius 2 is 2.04 bits per heavy atom. The predicted octanol–water partition coefficient (Wildman–Crippen LogP) is 4.45. The number of carboxylic acids is 1. The number of aliphatic carboxylic acids is 1. The van der Waals surface area contributed by atoms with Crippen LogP contribution in [0.25, 0.3) is 0 Å². The van der Waals surface area contributed by atoms with Gasteiger partial charge in [-0.05, 0) is 54.9 Å². The third kappa shape index (κ3) is 4.55. The molecule has 4 nitrogen and oxygen atoms in total. The number of halogens is 1. The third-order valence-electron chi connectivity index (χ3n) is 5.09. The lowest BCUT2D eigenvalue weighted by molar-refractivity contribution is -0.132. The fourth-order valence-electron chi connectivity index (χ4n) is 3.86. The first kappa shape index (κ1) is 20.0. The van der Waals surface area contributed by atoms with Crippen molar-refractivity contribution in [1.29, 1.82) is 0 Å². The zero-order valence-corrected chi connectivity index (χ0v) is 16.8. The summed E-state index contributed by atoms with van der Waals surface area (Å²) in [6.07, 6.45) is 5.62. The van der Waals surface area contributed by atoms with Crippen LogP contribution in [0.3, 0.4) is 0 Å². The number of piperidine rings is 1. The number of carbonyl (C=O) groups is 1. The highest BCUT2D eigenvalue weighted by Crippen LogP contribution is 2.37. The monoisotopic (exact) mass is 390 g/mol. The van der Waals surface area contributed by atoms with Gasteiger partial charge in [-0.3, -0.25) is 4.90 Å². The first-order valence-corrected chi connectivity index (χ1v) is 10.5. The Balaban J connectivity index is 2.02. The molecule has 1 aromatic rings. The van der Waals surface area contributed by atoms with Crippen LogP contribution in [0.15, 0.2) is 46.5 Å². The molecule has 0 radical (unpaired) electrons. The molecule has 0 saturated carbocycles. The molecular weight excluding hydrogens is 363 g/mol. The third-order valence-corrected chi connectivity index (χ3v) is 6.09. The van der Waals surface area contributed by atoms with Crippen molar-refractivity contribution in [1.82, 2.24) is 9.80 Å². The smallest absolute Gasteiger partial charge is 0.338 e. The summed E-state index contributed by atoms with van der Waals surface area (Å²) >= 11 is 1.56. The molecule has 2 heterocycles. The van der Waals surface area contributed by atoms with Gasteiger partial charge in [-0.2, -0.15) is 0 Å². The van der Waals surface area contributed by atoms with E-state index in [0.717, 1.165) is 47.8 Å². The standard InChI is InChI=1S/C21H27FN2O2S/c1-3-27-20-19(21(25)26)15(2)12-18(23-10-5-4-6-11-23)24(20)14-16-8-7-9-17(22)13-16/h7-9,12-13,18H,3-6,10-11,14H2,1-2H3,(H,25,26). The number of carboxylic acid groups (broad SMARTS) is 1. The molecular formula is C21H27FN2O2S. The highest BCUT2D eigenvalue weighted by molar-refractivity contribution is 8.03. The van der Waals surface area contributed by atoms with E-state index in [9.17, 15) is 14.3 Å². The summed E-state index contributed by atoms with van der Waals surface area (Å²) in [4.78, 5) is 16.5. The lowest BCUT2D eigenvalue weighted by Crippen LogP contribution is -2.50. The molecule has 0 bridgehead atoms. The van der Waals surface area contributed by atoms with E-state index in [4.69, 9.17) is 0 Å². The van der Waals surface area contributed by atoms with Crippen molar-refractivity contribution in [2.45, 2.75) is 45.8 Å². The quantitative estimate of drug-likeness (QED) is 0.777. The predicted molar refractivity (Wildman–Crippen MR) is 108 cm³/mol. The number of rotatable bonds is 6. The average molecular weight is 391 g/mol. The van der Waals surface area contributed by atoms with Gasteiger partial charge in [0, 0.05) is 19.6 Å². The molecule has 2 aliphatic heterocycles. The summed E-state index contributed by atoms with van der Waals surface area (Å²) in [6, 6.07) is 6.58. The Morgan fingerprint density at radius 3 is 2.67 bits per heavy atom. The zero-order valence-electron chi connectivity index (χ0n) is 15.9. The average Bonchev–Trinajstić information content (AvgIpc) is 2.64. The van der Waals surface area contributed by atoms with Gasteiger partial charge in [0.05, 0.1) is 10.6 Å². The Labute approximate surface area is 164 Å². The van der Waals surface area contributed by atoms with Gasteiger partial charge in [0.15, 0.2) is 0 Å². The minimum atomic E-state index is -0.902. The van der Waals surface area contributed by atoms with Crippen LogP contribution in [0.2, 0.25) is 0 Å². The Bertz CT molecular complexity index is 756. The molecule has 1 unspecified atom stereocenters. The van der Waals surface area contributed by atoms with Crippen molar-refractivity contribution >= 4 is 17.7 Å². The van der Waals surface area contributed by atoms with E-state index >= 15 is 0 Å². The maximum absolute atomic E-state index is 13.7. The molecule has 27 heavy (non-hydrogen) atoms. The van der Waals surface area contributed by atoms with Gasteiger partial charge in [-0.15, -0.1) is 11.8 Å². The number of nitrogens with zero attached hydrogens (tertiary/aromatic N) is 2. The molecule has 2 aliphatic rings. The van der Waals surface area contributed by atoms with E-state index in [2.05, 4.69) is 15.9 Å². The lowest BCUT2D eigenvalue weighted by atomic mass is 10.0. The van der Waals surface area contributed by atoms with E-state index in [1.165, 1.54) is 18.6 Å². The van der Waals surface area contributed by atoms with Crippen molar-refractivity contribution in [2.75, 3.05) is 18.8 Å². The second kappa shape index (κ2) is 8.93. The van der Waals surface area contributed by atoms with Gasteiger partial charge >= 0.3 is 5.97 Å². The van der Waals surface area contributed by atoms with Gasteiger partial charge in [0.25, 0.3) is 0 Å². The molecule has 1 N–H and O–H groups in total. The van der Waals surface area contributed by atoms with Gasteiger partial charge < -0.3 is 10.0 Å². The number of likely N-dealkylation sites (tertiary alicyclic amines) is 1. The van der Waals surface area contributed by atoms with Crippen molar-refractivity contribution in [3.63, 3.8) is 0 Å². The summed E-state index contributed by atoms with van der Waals surface area (Å²) < 4.78 is 13.7. The fourth-order valence-corrected chi connectivity index (χ4v) is 4.87. The second-order valence-electron chi connectivity index (χ2n) is 7.04. The van der Waals surface area contributed by atoms with E-state index in [-0.39, 0.29) is 12.0 Å². The molecule has 0 aromatic heterocycles. The van der Waals surface area contributed by atoms with E-state index < -0.39 is 5.97 Å². The van der Waals surface area contributed by atoms with Crippen LogP contribution in [0.5, 0.6) is 0 Å². The van der Waals surface area contributed by atoms with Crippen molar-refractivity contribution < 1.29 is 14.3 Å². The van der Waals surface area contributed by atoms with Gasteiger partial charge in [0.2, 0.25) is 0 Å². The summed E-state index contributed by atoms with van der Waals surface area (Å²) in [6.45, 7) is 6.40. The normalized spacial score (nSPS) is 21.4. The van der Waals surface area contributed by atoms with Crippen LogP contribution < -0.4 is 0 Å². The highest BCUT2D eigenvalue weighted by Gasteiger charge is 2.34. The summed E-state index contributed by atoms with van der Waals surface area (Å²) in [5, 5.41) is 10.6. The Kier molecular flexibility index (Phi) is 6.60. The van der Waals surface area contributed by atoms with Crippen molar-refractivity contribution in [3.8, 4) is 0 Å². The van der Waals surface area contributed by atoms with Crippen molar-refractivity contribution in [3.05, 3.63) is 57.9 Å². The number of thioether (sulfide) groups is 1. The molecule has 3 rings (SSSR count). The fraction of sp³-hybridized carbons (Fsp3) is 0.476. The Morgan fingerprint density at radius 1 is 1.30 bits per heavy atom. The topological polar surface area (TPSA) is 43.8 Å². The maximum atomic E-state index is 13.7. The maximum Gasteiger partial charge on any atom is 0.338 e. The van der Waals surface area contributed by atoms with Crippen LogP contribution in [-0.4, -0.2) is 45.9 Å². The van der Waals surface area contributed by atoms with E-state index in [1.807, 2.05) is 19.9 Å². The van der Waals surface area contributed by atoms with Gasteiger partial charge in [-0.25, -0.2) is 9.18 Å². The molecule has 0 spiro atoms. The molecule has 1 saturated heterocycles. The molecule has 146 valence electrons. The summed E-state index contributed by atoms with van der Waals surface area (Å²) in [5.74, 6) is -0.384. The van der Waals surface area contributed by atoms with Crippen LogP contribution in [0.4, 0.5) is 4.39 Å². The highest BCUT2D eigenvalue weighted by atomic mass is 32.2. The van der Waals surface area contributed by atoms with E-state index in [1.54, 1.807) is 17.8 Å².